The zero-order chi connectivity index (χ0) is 19.8. The molecule has 0 amide bonds. The summed E-state index contributed by atoms with van der Waals surface area (Å²) in [5.41, 5.74) is 0.900. The Labute approximate surface area is 172 Å². The van der Waals surface area contributed by atoms with Gasteiger partial charge in [-0.05, 0) is 47.0 Å². The van der Waals surface area contributed by atoms with Crippen LogP contribution in [0.25, 0.3) is 21.9 Å². The molecule has 0 spiro atoms. The number of esters is 1. The third kappa shape index (κ3) is 3.74. The Morgan fingerprint density at radius 1 is 1.32 bits per heavy atom. The third-order valence-corrected chi connectivity index (χ3v) is 5.48. The van der Waals surface area contributed by atoms with Crippen molar-refractivity contribution in [3.8, 4) is 11.7 Å². The number of ether oxygens (including phenoxy) is 1. The number of thiophene rings is 1. The molecule has 0 aromatic carbocycles. The number of aromatic nitrogens is 4. The SMILES string of the molecule is Cc1nn(CC(C)C)c2sc(C(=O)OCc3nnc(-c4ccc(Br)o4)o3)cc12. The van der Waals surface area contributed by atoms with Gasteiger partial charge in [0.1, 0.15) is 9.71 Å². The van der Waals surface area contributed by atoms with Gasteiger partial charge in [-0.3, -0.25) is 4.68 Å². The Balaban J connectivity index is 1.46. The molecular weight excluding hydrogens is 448 g/mol. The van der Waals surface area contributed by atoms with Crippen molar-refractivity contribution in [1.29, 1.82) is 0 Å². The Kier molecular flexibility index (Phi) is 5.07. The lowest BCUT2D eigenvalue weighted by Crippen LogP contribution is -2.06. The molecule has 0 saturated heterocycles. The molecule has 0 fully saturated rings. The van der Waals surface area contributed by atoms with Crippen LogP contribution in [0.4, 0.5) is 0 Å². The first-order chi connectivity index (χ1) is 13.4. The van der Waals surface area contributed by atoms with Crippen molar-refractivity contribution in [2.75, 3.05) is 0 Å². The monoisotopic (exact) mass is 464 g/mol. The van der Waals surface area contributed by atoms with Crippen LogP contribution >= 0.6 is 27.3 Å². The molecule has 28 heavy (non-hydrogen) atoms. The zero-order valence-corrected chi connectivity index (χ0v) is 17.8. The van der Waals surface area contributed by atoms with E-state index in [1.807, 2.05) is 17.7 Å². The van der Waals surface area contributed by atoms with E-state index in [1.165, 1.54) is 11.3 Å². The largest absolute Gasteiger partial charge is 0.451 e. The first-order valence-electron chi connectivity index (χ1n) is 8.63. The van der Waals surface area contributed by atoms with Gasteiger partial charge in [0.05, 0.1) is 5.69 Å². The van der Waals surface area contributed by atoms with Crippen molar-refractivity contribution < 1.29 is 18.4 Å². The molecule has 0 bridgehead atoms. The quantitative estimate of drug-likeness (QED) is 0.377. The van der Waals surface area contributed by atoms with E-state index in [9.17, 15) is 4.79 Å². The molecule has 0 aliphatic heterocycles. The van der Waals surface area contributed by atoms with Crippen molar-refractivity contribution in [3.05, 3.63) is 39.3 Å². The molecule has 0 atom stereocenters. The predicted octanol–water partition coefficient (Wildman–Crippen LogP) is 4.82. The van der Waals surface area contributed by atoms with E-state index in [0.717, 1.165) is 22.5 Å². The summed E-state index contributed by atoms with van der Waals surface area (Å²) in [4.78, 5) is 13.9. The summed E-state index contributed by atoms with van der Waals surface area (Å²) in [5.74, 6) is 0.882. The van der Waals surface area contributed by atoms with Gasteiger partial charge in [-0.15, -0.1) is 21.5 Å². The molecule has 0 aliphatic carbocycles. The highest BCUT2D eigenvalue weighted by Gasteiger charge is 2.19. The number of carbonyl (C=O) groups is 1. The molecule has 4 heterocycles. The average molecular weight is 465 g/mol. The average Bonchev–Trinajstić information content (AvgIpc) is 3.39. The van der Waals surface area contributed by atoms with E-state index in [2.05, 4.69) is 45.1 Å². The Bertz CT molecular complexity index is 1140. The van der Waals surface area contributed by atoms with Crippen LogP contribution in [0.2, 0.25) is 0 Å². The van der Waals surface area contributed by atoms with E-state index in [-0.39, 0.29) is 18.4 Å². The maximum Gasteiger partial charge on any atom is 0.348 e. The number of fused-ring (bicyclic) bond motifs is 1. The van der Waals surface area contributed by atoms with Gasteiger partial charge in [0.15, 0.2) is 17.0 Å². The minimum Gasteiger partial charge on any atom is -0.451 e. The summed E-state index contributed by atoms with van der Waals surface area (Å²) in [6.45, 7) is 6.89. The van der Waals surface area contributed by atoms with E-state index in [4.69, 9.17) is 13.6 Å². The number of rotatable bonds is 6. The molecule has 146 valence electrons. The zero-order valence-electron chi connectivity index (χ0n) is 15.4. The standard InChI is InChI=1S/C18H17BrN4O4S/c1-9(2)7-23-17-11(10(3)22-23)6-13(28-17)18(24)25-8-15-20-21-16(27-15)12-4-5-14(19)26-12/h4-6,9H,7-8H2,1-3H3. The van der Waals surface area contributed by atoms with Gasteiger partial charge in [0.2, 0.25) is 0 Å². The van der Waals surface area contributed by atoms with E-state index >= 15 is 0 Å². The molecule has 4 aromatic rings. The summed E-state index contributed by atoms with van der Waals surface area (Å²) in [5, 5.41) is 13.3. The van der Waals surface area contributed by atoms with Gasteiger partial charge in [-0.1, -0.05) is 13.8 Å². The smallest absolute Gasteiger partial charge is 0.348 e. The number of furan rings is 1. The van der Waals surface area contributed by atoms with Gasteiger partial charge in [-0.2, -0.15) is 5.10 Å². The van der Waals surface area contributed by atoms with Crippen LogP contribution in [0.15, 0.2) is 31.7 Å². The van der Waals surface area contributed by atoms with Gasteiger partial charge in [-0.25, -0.2) is 4.79 Å². The van der Waals surface area contributed by atoms with Gasteiger partial charge in [0, 0.05) is 11.9 Å². The first-order valence-corrected chi connectivity index (χ1v) is 10.2. The minimum atomic E-state index is -0.433. The summed E-state index contributed by atoms with van der Waals surface area (Å²) in [6.07, 6.45) is 0. The van der Waals surface area contributed by atoms with Crippen LogP contribution in [-0.2, 0) is 17.9 Å². The summed E-state index contributed by atoms with van der Waals surface area (Å²) in [7, 11) is 0. The Morgan fingerprint density at radius 3 is 2.86 bits per heavy atom. The van der Waals surface area contributed by atoms with Crippen molar-refractivity contribution >= 4 is 43.5 Å². The summed E-state index contributed by atoms with van der Waals surface area (Å²) in [6, 6.07) is 5.25. The number of hydrogen-bond donors (Lipinski definition) is 0. The number of nitrogens with zero attached hydrogens (tertiary/aromatic N) is 4. The lowest BCUT2D eigenvalue weighted by atomic mass is 10.2. The number of halogens is 1. The van der Waals surface area contributed by atoms with E-state index in [1.54, 1.807) is 12.1 Å². The Morgan fingerprint density at radius 2 is 2.14 bits per heavy atom. The number of aryl methyl sites for hydroxylation is 1. The molecular formula is C18H17BrN4O4S. The van der Waals surface area contributed by atoms with E-state index in [0.29, 0.717) is 21.2 Å². The molecule has 0 saturated carbocycles. The fourth-order valence-corrected chi connectivity index (χ4v) is 4.09. The van der Waals surface area contributed by atoms with Crippen molar-refractivity contribution in [3.63, 3.8) is 0 Å². The molecule has 8 nitrogen and oxygen atoms in total. The van der Waals surface area contributed by atoms with E-state index < -0.39 is 5.97 Å². The number of carbonyl (C=O) groups excluding carboxylic acids is 1. The summed E-state index contributed by atoms with van der Waals surface area (Å²) < 4.78 is 18.7. The number of hydrogen-bond acceptors (Lipinski definition) is 8. The van der Waals surface area contributed by atoms with Crippen LogP contribution in [0.1, 0.15) is 35.1 Å². The molecule has 0 unspecified atom stereocenters. The lowest BCUT2D eigenvalue weighted by Gasteiger charge is -2.04. The van der Waals surface area contributed by atoms with Crippen LogP contribution in [-0.4, -0.2) is 25.9 Å². The fraction of sp³-hybridized carbons (Fsp3) is 0.333. The van der Waals surface area contributed by atoms with Gasteiger partial charge >= 0.3 is 5.97 Å². The van der Waals surface area contributed by atoms with Crippen molar-refractivity contribution in [2.45, 2.75) is 33.9 Å². The fourth-order valence-electron chi connectivity index (χ4n) is 2.72. The van der Waals surface area contributed by atoms with Crippen LogP contribution in [0.5, 0.6) is 0 Å². The molecule has 0 N–H and O–H groups in total. The molecule has 4 rings (SSSR count). The maximum atomic E-state index is 12.5. The highest BCUT2D eigenvalue weighted by molar-refractivity contribution is 9.10. The highest BCUT2D eigenvalue weighted by atomic mass is 79.9. The summed E-state index contributed by atoms with van der Waals surface area (Å²) >= 11 is 4.59. The molecule has 0 radical (unpaired) electrons. The predicted molar refractivity (Wildman–Crippen MR) is 106 cm³/mol. The minimum absolute atomic E-state index is 0.112. The normalized spacial score (nSPS) is 11.6. The topological polar surface area (TPSA) is 96.2 Å². The van der Waals surface area contributed by atoms with Crippen LogP contribution in [0, 0.1) is 12.8 Å². The molecule has 0 aliphatic rings. The second-order valence-electron chi connectivity index (χ2n) is 6.67. The van der Waals surface area contributed by atoms with Crippen LogP contribution < -0.4 is 0 Å². The highest BCUT2D eigenvalue weighted by Crippen LogP contribution is 2.30. The van der Waals surface area contributed by atoms with Gasteiger partial charge < -0.3 is 13.6 Å². The maximum absolute atomic E-state index is 12.5. The first kappa shape index (κ1) is 18.9. The van der Waals surface area contributed by atoms with Crippen LogP contribution in [0.3, 0.4) is 0 Å². The molecule has 4 aromatic heterocycles. The van der Waals surface area contributed by atoms with Gasteiger partial charge in [0.25, 0.3) is 11.8 Å². The second-order valence-corrected chi connectivity index (χ2v) is 8.48. The second kappa shape index (κ2) is 7.51. The third-order valence-electron chi connectivity index (χ3n) is 3.92. The molecule has 10 heteroatoms. The Hall–Kier alpha value is -2.46. The van der Waals surface area contributed by atoms with Crippen molar-refractivity contribution in [2.24, 2.45) is 5.92 Å². The van der Waals surface area contributed by atoms with Crippen molar-refractivity contribution in [1.82, 2.24) is 20.0 Å². The lowest BCUT2D eigenvalue weighted by molar-refractivity contribution is 0.0444.